The number of carbonyl (C=O) groups is 2. The Kier molecular flexibility index (Phi) is 11.6. The molecule has 3 aromatic carbocycles. The fourth-order valence-electron chi connectivity index (χ4n) is 3.83. The van der Waals surface area contributed by atoms with Crippen molar-refractivity contribution in [3.8, 4) is 10.4 Å². The molecule has 9 heteroatoms. The van der Waals surface area contributed by atoms with Crippen LogP contribution in [-0.2, 0) is 0 Å². The maximum atomic E-state index is 13.9. The lowest BCUT2D eigenvalue weighted by Crippen LogP contribution is -2.43. The number of carboxylic acid groups (broad SMARTS) is 1. The van der Waals surface area contributed by atoms with Crippen molar-refractivity contribution in [2.75, 3.05) is 4.90 Å². The van der Waals surface area contributed by atoms with E-state index in [1.807, 2.05) is 36.4 Å². The molecule has 0 saturated carbocycles. The van der Waals surface area contributed by atoms with Crippen molar-refractivity contribution in [3.05, 3.63) is 111 Å². The molecule has 2 atom stereocenters. The first-order valence-electron chi connectivity index (χ1n) is 13.5. The molecule has 221 valence electrons. The van der Waals surface area contributed by atoms with Crippen molar-refractivity contribution in [2.24, 2.45) is 0 Å². The van der Waals surface area contributed by atoms with Gasteiger partial charge in [-0.2, -0.15) is 0 Å². The summed E-state index contributed by atoms with van der Waals surface area (Å²) in [7, 11) is -0.0502. The highest BCUT2D eigenvalue weighted by Gasteiger charge is 2.34. The largest absolute Gasteiger partial charge is 0.477 e. The molecular weight excluding hydrogens is 605 g/mol. The summed E-state index contributed by atoms with van der Waals surface area (Å²) < 4.78 is 0. The Bertz CT molecular complexity index is 1500. The van der Waals surface area contributed by atoms with Gasteiger partial charge >= 0.3 is 5.97 Å². The number of carbonyl (C=O) groups excluding carboxylic acids is 1. The number of nitrogens with zero attached hydrogens (tertiary/aromatic N) is 1. The number of carboxylic acids is 1. The van der Waals surface area contributed by atoms with Gasteiger partial charge in [0, 0.05) is 18.7 Å². The van der Waals surface area contributed by atoms with Crippen LogP contribution in [0.2, 0.25) is 28.2 Å². The number of aliphatic hydroxyl groups excluding tert-OH is 1. The Labute approximate surface area is 264 Å². The molecule has 0 unspecified atom stereocenters. The van der Waals surface area contributed by atoms with E-state index in [4.69, 9.17) is 23.2 Å². The molecular formula is C33H36Cl2NO4SSi. The molecule has 2 N–H and O–H groups in total. The zero-order valence-corrected chi connectivity index (χ0v) is 27.9. The molecule has 5 nitrogen and oxygen atoms in total. The number of halogens is 2. The lowest BCUT2D eigenvalue weighted by Gasteiger charge is -2.33. The van der Waals surface area contributed by atoms with E-state index in [0.29, 0.717) is 20.5 Å². The number of aliphatic hydroxyl groups is 1. The van der Waals surface area contributed by atoms with Gasteiger partial charge in [-0.25, -0.2) is 4.79 Å². The summed E-state index contributed by atoms with van der Waals surface area (Å²) >= 11 is 13.4. The van der Waals surface area contributed by atoms with Gasteiger partial charge in [0.25, 0.3) is 5.91 Å². The summed E-state index contributed by atoms with van der Waals surface area (Å²) in [6.45, 7) is 13.3. The molecule has 0 spiro atoms. The van der Waals surface area contributed by atoms with Crippen molar-refractivity contribution in [3.63, 3.8) is 0 Å². The molecule has 1 aromatic heterocycles. The van der Waals surface area contributed by atoms with E-state index in [1.54, 1.807) is 37.3 Å². The highest BCUT2D eigenvalue weighted by molar-refractivity contribution is 7.18. The number of hydrogen-bond acceptors (Lipinski definition) is 4. The van der Waals surface area contributed by atoms with Crippen molar-refractivity contribution in [1.82, 2.24) is 0 Å². The van der Waals surface area contributed by atoms with Crippen LogP contribution in [-0.4, -0.2) is 36.9 Å². The number of anilines is 1. The summed E-state index contributed by atoms with van der Waals surface area (Å²) in [4.78, 5) is 28.1. The van der Waals surface area contributed by atoms with Gasteiger partial charge in [0.1, 0.15) is 4.88 Å². The minimum absolute atomic E-state index is 0.0191. The molecule has 1 heterocycles. The number of thiophene rings is 1. The standard InChI is InChI=1S/C27H21Cl2NO4S.C6H15Si/c1-16(24(31)18-10-6-3-7-11-18)30(26(32)20-13-12-19(28)14-21(20)29)22-15-23(35-25(22)27(33)34)17-8-4-2-5-9-17;1-6(2,3)7(4)5/h2-16,24,31H,1H3,(H,33,34);1-5H3/t16-,24-;/m0./s1. The molecule has 0 bridgehead atoms. The highest BCUT2D eigenvalue weighted by atomic mass is 35.5. The van der Waals surface area contributed by atoms with E-state index in [1.165, 1.54) is 23.1 Å². The quantitative estimate of drug-likeness (QED) is 0.197. The summed E-state index contributed by atoms with van der Waals surface area (Å²) in [5.74, 6) is -1.72. The van der Waals surface area contributed by atoms with Crippen molar-refractivity contribution in [2.45, 2.75) is 58.0 Å². The topological polar surface area (TPSA) is 77.8 Å². The molecule has 4 rings (SSSR count). The monoisotopic (exact) mass is 640 g/mol. The van der Waals surface area contributed by atoms with Gasteiger partial charge in [-0.15, -0.1) is 11.3 Å². The summed E-state index contributed by atoms with van der Waals surface area (Å²) in [5, 5.41) is 22.3. The van der Waals surface area contributed by atoms with E-state index < -0.39 is 24.0 Å². The van der Waals surface area contributed by atoms with Crippen LogP contribution in [0.5, 0.6) is 0 Å². The first kappa shape index (κ1) is 33.6. The van der Waals surface area contributed by atoms with Gasteiger partial charge in [-0.05, 0) is 47.4 Å². The average molecular weight is 642 g/mol. The van der Waals surface area contributed by atoms with Crippen molar-refractivity contribution in [1.29, 1.82) is 0 Å². The van der Waals surface area contributed by atoms with Crippen LogP contribution in [0.1, 0.15) is 59.4 Å². The molecule has 1 amide bonds. The van der Waals surface area contributed by atoms with Gasteiger partial charge in [-0.1, -0.05) is 118 Å². The predicted molar refractivity (Wildman–Crippen MR) is 178 cm³/mol. The Morgan fingerprint density at radius 1 is 0.905 bits per heavy atom. The van der Waals surface area contributed by atoms with E-state index >= 15 is 0 Å². The van der Waals surface area contributed by atoms with Crippen LogP contribution >= 0.6 is 34.5 Å². The molecule has 0 saturated heterocycles. The lowest BCUT2D eigenvalue weighted by molar-refractivity contribution is 0.0702. The molecule has 0 fully saturated rings. The molecule has 0 aliphatic rings. The third kappa shape index (κ3) is 8.33. The molecule has 0 aliphatic carbocycles. The lowest BCUT2D eigenvalue weighted by atomic mass is 10.0. The van der Waals surface area contributed by atoms with Gasteiger partial charge in [-0.3, -0.25) is 4.79 Å². The second-order valence-corrected chi connectivity index (χ2v) is 16.5. The minimum Gasteiger partial charge on any atom is -0.477 e. The minimum atomic E-state index is -1.17. The van der Waals surface area contributed by atoms with Crippen LogP contribution in [0.25, 0.3) is 10.4 Å². The first-order chi connectivity index (χ1) is 19.7. The predicted octanol–water partition coefficient (Wildman–Crippen LogP) is 9.73. The number of aromatic carboxylic acids is 1. The number of rotatable bonds is 7. The Balaban J connectivity index is 0.000000616. The van der Waals surface area contributed by atoms with Crippen LogP contribution in [0, 0.1) is 0 Å². The Morgan fingerprint density at radius 2 is 1.45 bits per heavy atom. The number of hydrogen-bond donors (Lipinski definition) is 2. The fourth-order valence-corrected chi connectivity index (χ4v) is 5.32. The molecule has 4 aromatic rings. The fraction of sp³-hybridized carbons (Fsp3) is 0.273. The van der Waals surface area contributed by atoms with Gasteiger partial charge in [0.05, 0.1) is 28.4 Å². The smallest absolute Gasteiger partial charge is 0.348 e. The van der Waals surface area contributed by atoms with E-state index in [-0.39, 0.29) is 29.9 Å². The zero-order chi connectivity index (χ0) is 31.2. The normalized spacial score (nSPS) is 12.7. The Hall–Kier alpha value is -2.94. The van der Waals surface area contributed by atoms with E-state index in [2.05, 4.69) is 33.9 Å². The van der Waals surface area contributed by atoms with Crippen molar-refractivity contribution >= 4 is 60.9 Å². The van der Waals surface area contributed by atoms with Crippen LogP contribution < -0.4 is 4.90 Å². The molecule has 0 aliphatic heterocycles. The number of amides is 1. The van der Waals surface area contributed by atoms with Gasteiger partial charge in [0.15, 0.2) is 0 Å². The maximum Gasteiger partial charge on any atom is 0.348 e. The summed E-state index contributed by atoms with van der Waals surface area (Å²) in [6, 6.07) is 23.5. The highest BCUT2D eigenvalue weighted by Crippen LogP contribution is 2.40. The summed E-state index contributed by atoms with van der Waals surface area (Å²) in [5.41, 5.74) is 1.74. The summed E-state index contributed by atoms with van der Waals surface area (Å²) in [6.07, 6.45) is -1.09. The van der Waals surface area contributed by atoms with Crippen LogP contribution in [0.3, 0.4) is 0 Å². The molecule has 1 radical (unpaired) electrons. The Morgan fingerprint density at radius 3 is 1.95 bits per heavy atom. The average Bonchev–Trinajstić information content (AvgIpc) is 3.39. The second-order valence-electron chi connectivity index (χ2n) is 11.1. The maximum absolute atomic E-state index is 13.9. The first-order valence-corrected chi connectivity index (χ1v) is 17.5. The van der Waals surface area contributed by atoms with Crippen LogP contribution in [0.15, 0.2) is 84.9 Å². The third-order valence-electron chi connectivity index (χ3n) is 7.11. The SMILES string of the molecule is C[C@@H]([C@H](O)c1ccccc1)N(C(=O)c1ccc(Cl)cc1Cl)c1cc(-c2ccccc2)sc1C(=O)O.C[Si](C)C(C)(C)C. The van der Waals surface area contributed by atoms with Gasteiger partial charge < -0.3 is 15.1 Å². The van der Waals surface area contributed by atoms with Crippen molar-refractivity contribution < 1.29 is 19.8 Å². The zero-order valence-electron chi connectivity index (χ0n) is 24.6. The van der Waals surface area contributed by atoms with Gasteiger partial charge in [0.2, 0.25) is 0 Å². The number of benzene rings is 3. The van der Waals surface area contributed by atoms with Crippen LogP contribution in [0.4, 0.5) is 5.69 Å². The third-order valence-corrected chi connectivity index (χ3v) is 11.8. The van der Waals surface area contributed by atoms with E-state index in [0.717, 1.165) is 16.9 Å². The second kappa shape index (κ2) is 14.5. The van der Waals surface area contributed by atoms with E-state index in [9.17, 15) is 19.8 Å². The molecule has 42 heavy (non-hydrogen) atoms.